The van der Waals surface area contributed by atoms with Crippen molar-refractivity contribution in [1.29, 1.82) is 0 Å². The third-order valence-corrected chi connectivity index (χ3v) is 4.14. The number of hydrogen-bond acceptors (Lipinski definition) is 4. The van der Waals surface area contributed by atoms with Gasteiger partial charge in [-0.25, -0.2) is 4.99 Å². The van der Waals surface area contributed by atoms with Crippen LogP contribution in [-0.2, 0) is 14.3 Å². The number of nitrogens with zero attached hydrogens (tertiary/aromatic N) is 3. The van der Waals surface area contributed by atoms with Gasteiger partial charge in [0.25, 0.3) is 0 Å². The summed E-state index contributed by atoms with van der Waals surface area (Å²) in [4.78, 5) is 19.9. The van der Waals surface area contributed by atoms with Crippen LogP contribution in [0.25, 0.3) is 0 Å². The van der Waals surface area contributed by atoms with Crippen molar-refractivity contribution < 1.29 is 14.3 Å². The zero-order valence-electron chi connectivity index (χ0n) is 13.7. The summed E-state index contributed by atoms with van der Waals surface area (Å²) in [6.45, 7) is 2.74. The molecule has 1 aromatic rings. The van der Waals surface area contributed by atoms with E-state index in [0.29, 0.717) is 42.3 Å². The maximum absolute atomic E-state index is 11.6. The summed E-state index contributed by atoms with van der Waals surface area (Å²) < 4.78 is 10.1. The number of ether oxygens (including phenoxy) is 2. The summed E-state index contributed by atoms with van der Waals surface area (Å²) in [5, 5.41) is 1.10. The molecule has 1 aliphatic rings. The van der Waals surface area contributed by atoms with Gasteiger partial charge in [-0.15, -0.1) is 0 Å². The molecule has 0 aromatic heterocycles. The zero-order valence-corrected chi connectivity index (χ0v) is 15.3. The second-order valence-electron chi connectivity index (χ2n) is 5.26. The van der Waals surface area contributed by atoms with E-state index in [0.717, 1.165) is 5.56 Å². The van der Waals surface area contributed by atoms with Crippen molar-refractivity contribution in [2.45, 2.75) is 0 Å². The Kier molecular flexibility index (Phi) is 6.96. The van der Waals surface area contributed by atoms with Gasteiger partial charge in [-0.2, -0.15) is 0 Å². The lowest BCUT2D eigenvalue weighted by molar-refractivity contribution is -0.140. The van der Waals surface area contributed by atoms with E-state index in [4.69, 9.17) is 33.3 Å². The normalized spacial score (nSPS) is 15.1. The number of rotatable bonds is 3. The molecule has 0 N–H and O–H groups in total. The minimum Gasteiger partial charge on any atom is -0.468 e. The summed E-state index contributed by atoms with van der Waals surface area (Å²) in [6.07, 6.45) is 0. The third kappa shape index (κ3) is 5.15. The Hall–Kier alpha value is -1.70. The molecule has 6 nitrogen and oxygen atoms in total. The molecular weight excluding hydrogens is 350 g/mol. The second-order valence-corrected chi connectivity index (χ2v) is 6.06. The van der Waals surface area contributed by atoms with Crippen molar-refractivity contribution in [1.82, 2.24) is 9.80 Å². The fourth-order valence-corrected chi connectivity index (χ4v) is 2.61. The third-order valence-electron chi connectivity index (χ3n) is 3.54. The van der Waals surface area contributed by atoms with Gasteiger partial charge in [0.15, 0.2) is 5.11 Å². The second kappa shape index (κ2) is 8.96. The average Bonchev–Trinajstić information content (AvgIpc) is 2.60. The SMILES string of the molecule is COC(=O)CN(C)/C(=N\C(=S)N1CCOCC1)c1ccc(Cl)cc1. The highest BCUT2D eigenvalue weighted by molar-refractivity contribution is 7.80. The van der Waals surface area contributed by atoms with Gasteiger partial charge in [-0.1, -0.05) is 11.6 Å². The molecule has 1 aliphatic heterocycles. The van der Waals surface area contributed by atoms with E-state index < -0.39 is 0 Å². The molecule has 0 radical (unpaired) electrons. The number of esters is 1. The molecule has 130 valence electrons. The van der Waals surface area contributed by atoms with Crippen molar-refractivity contribution in [2.24, 2.45) is 4.99 Å². The van der Waals surface area contributed by atoms with E-state index >= 15 is 0 Å². The van der Waals surface area contributed by atoms with Crippen LogP contribution in [-0.4, -0.2) is 73.7 Å². The molecule has 0 unspecified atom stereocenters. The quantitative estimate of drug-likeness (QED) is 0.350. The van der Waals surface area contributed by atoms with Gasteiger partial charge < -0.3 is 19.3 Å². The lowest BCUT2D eigenvalue weighted by Gasteiger charge is -2.28. The first-order chi connectivity index (χ1) is 11.5. The number of methoxy groups -OCH3 is 1. The largest absolute Gasteiger partial charge is 0.468 e. The smallest absolute Gasteiger partial charge is 0.325 e. The summed E-state index contributed by atoms with van der Waals surface area (Å²) in [6, 6.07) is 7.24. The molecule has 2 rings (SSSR count). The molecule has 1 aromatic carbocycles. The lowest BCUT2D eigenvalue weighted by Crippen LogP contribution is -2.41. The Labute approximate surface area is 152 Å². The van der Waals surface area contributed by atoms with Crippen LogP contribution in [0.5, 0.6) is 0 Å². The first kappa shape index (κ1) is 18.6. The number of amidine groups is 1. The summed E-state index contributed by atoms with van der Waals surface area (Å²) in [5.41, 5.74) is 0.821. The topological polar surface area (TPSA) is 54.4 Å². The Balaban J connectivity index is 2.26. The highest BCUT2D eigenvalue weighted by Gasteiger charge is 2.18. The Morgan fingerprint density at radius 2 is 2.00 bits per heavy atom. The van der Waals surface area contributed by atoms with Gasteiger partial charge >= 0.3 is 5.97 Å². The molecular formula is C16H20ClN3O3S. The van der Waals surface area contributed by atoms with Crippen molar-refractivity contribution in [3.05, 3.63) is 34.9 Å². The number of aliphatic imine (C=N–C) groups is 1. The van der Waals surface area contributed by atoms with Crippen LogP contribution in [0.4, 0.5) is 0 Å². The van der Waals surface area contributed by atoms with Crippen molar-refractivity contribution in [3.8, 4) is 0 Å². The van der Waals surface area contributed by atoms with E-state index in [9.17, 15) is 4.79 Å². The van der Waals surface area contributed by atoms with Crippen LogP contribution < -0.4 is 0 Å². The summed E-state index contributed by atoms with van der Waals surface area (Å²) in [5.74, 6) is 0.241. The van der Waals surface area contributed by atoms with Gasteiger partial charge in [-0.05, 0) is 36.5 Å². The number of carbonyl (C=O) groups excluding carboxylic acids is 1. The van der Waals surface area contributed by atoms with Crippen LogP contribution in [0.2, 0.25) is 5.02 Å². The van der Waals surface area contributed by atoms with Crippen LogP contribution >= 0.6 is 23.8 Å². The molecule has 1 heterocycles. The van der Waals surface area contributed by atoms with E-state index in [1.54, 1.807) is 24.1 Å². The monoisotopic (exact) mass is 369 g/mol. The maximum Gasteiger partial charge on any atom is 0.325 e. The number of carbonyl (C=O) groups is 1. The number of benzene rings is 1. The van der Waals surface area contributed by atoms with Gasteiger partial charge in [-0.3, -0.25) is 4.79 Å². The van der Waals surface area contributed by atoms with Gasteiger partial charge in [0.2, 0.25) is 0 Å². The van der Waals surface area contributed by atoms with Crippen molar-refractivity contribution in [3.63, 3.8) is 0 Å². The first-order valence-corrected chi connectivity index (χ1v) is 8.29. The summed E-state index contributed by atoms with van der Waals surface area (Å²) >= 11 is 11.4. The summed E-state index contributed by atoms with van der Waals surface area (Å²) in [7, 11) is 3.12. The fraction of sp³-hybridized carbons (Fsp3) is 0.438. The zero-order chi connectivity index (χ0) is 17.5. The maximum atomic E-state index is 11.6. The predicted molar refractivity (Wildman–Crippen MR) is 97.6 cm³/mol. The standard InChI is InChI=1S/C16H20ClN3O3S/c1-19(11-14(21)22-2)15(12-3-5-13(17)6-4-12)18-16(24)20-7-9-23-10-8-20/h3-6H,7-11H2,1-2H3/b18-15-. The molecule has 0 atom stereocenters. The van der Waals surface area contributed by atoms with E-state index in [2.05, 4.69) is 4.99 Å². The Morgan fingerprint density at radius 3 is 2.58 bits per heavy atom. The van der Waals surface area contributed by atoms with E-state index in [-0.39, 0.29) is 12.5 Å². The molecule has 0 amide bonds. The number of likely N-dealkylation sites (N-methyl/N-ethyl adjacent to an activating group) is 1. The van der Waals surface area contributed by atoms with Crippen LogP contribution in [0.3, 0.4) is 0 Å². The first-order valence-electron chi connectivity index (χ1n) is 7.50. The van der Waals surface area contributed by atoms with Crippen molar-refractivity contribution >= 4 is 40.7 Å². The molecule has 8 heteroatoms. The van der Waals surface area contributed by atoms with Crippen LogP contribution in [0.1, 0.15) is 5.56 Å². The molecule has 1 saturated heterocycles. The Bertz CT molecular complexity index is 615. The van der Waals surface area contributed by atoms with Crippen molar-refractivity contribution in [2.75, 3.05) is 47.0 Å². The number of halogens is 1. The lowest BCUT2D eigenvalue weighted by atomic mass is 10.2. The van der Waals surface area contributed by atoms with Gasteiger partial charge in [0.1, 0.15) is 12.4 Å². The molecule has 0 bridgehead atoms. The minimum absolute atomic E-state index is 0.0731. The number of hydrogen-bond donors (Lipinski definition) is 0. The predicted octanol–water partition coefficient (Wildman–Crippen LogP) is 1.81. The van der Waals surface area contributed by atoms with Crippen LogP contribution in [0.15, 0.2) is 29.3 Å². The molecule has 0 spiro atoms. The average molecular weight is 370 g/mol. The number of thiocarbonyl (C=S) groups is 1. The Morgan fingerprint density at radius 1 is 1.38 bits per heavy atom. The highest BCUT2D eigenvalue weighted by atomic mass is 35.5. The highest BCUT2D eigenvalue weighted by Crippen LogP contribution is 2.13. The molecule has 0 aliphatic carbocycles. The fourth-order valence-electron chi connectivity index (χ4n) is 2.22. The minimum atomic E-state index is -0.351. The molecule has 24 heavy (non-hydrogen) atoms. The van der Waals surface area contributed by atoms with Gasteiger partial charge in [0, 0.05) is 30.7 Å². The van der Waals surface area contributed by atoms with E-state index in [1.165, 1.54) is 7.11 Å². The number of morpholine rings is 1. The molecule has 1 fully saturated rings. The van der Waals surface area contributed by atoms with E-state index in [1.807, 2.05) is 17.0 Å². The van der Waals surface area contributed by atoms with Crippen LogP contribution in [0, 0.1) is 0 Å². The molecule has 0 saturated carbocycles. The van der Waals surface area contributed by atoms with Gasteiger partial charge in [0.05, 0.1) is 20.3 Å².